The van der Waals surface area contributed by atoms with E-state index in [2.05, 4.69) is 16.0 Å². The van der Waals surface area contributed by atoms with Crippen LogP contribution in [0, 0.1) is 6.92 Å². The molecule has 0 aliphatic carbocycles. The highest BCUT2D eigenvalue weighted by Crippen LogP contribution is 2.39. The normalized spacial score (nSPS) is 10.3. The van der Waals surface area contributed by atoms with E-state index in [1.54, 1.807) is 36.4 Å². The van der Waals surface area contributed by atoms with E-state index in [0.717, 1.165) is 5.56 Å². The van der Waals surface area contributed by atoms with E-state index in [0.29, 0.717) is 59.7 Å². The van der Waals surface area contributed by atoms with Crippen molar-refractivity contribution in [3.8, 4) is 17.2 Å². The van der Waals surface area contributed by atoms with Crippen molar-refractivity contribution in [2.45, 2.75) is 27.7 Å². The minimum Gasteiger partial charge on any atom is -0.490 e. The predicted molar refractivity (Wildman–Crippen MR) is 138 cm³/mol. The molecule has 0 atom stereocenters. The van der Waals surface area contributed by atoms with E-state index < -0.39 is 0 Å². The molecule has 0 unspecified atom stereocenters. The molecule has 8 heteroatoms. The Morgan fingerprint density at radius 2 is 1.31 bits per heavy atom. The fourth-order valence-corrected chi connectivity index (χ4v) is 3.36. The van der Waals surface area contributed by atoms with Gasteiger partial charge in [0.15, 0.2) is 11.5 Å². The van der Waals surface area contributed by atoms with Gasteiger partial charge in [0, 0.05) is 22.6 Å². The largest absolute Gasteiger partial charge is 0.490 e. The van der Waals surface area contributed by atoms with Crippen LogP contribution in [0.1, 0.15) is 36.7 Å². The summed E-state index contributed by atoms with van der Waals surface area (Å²) in [5.41, 5.74) is 2.98. The zero-order valence-electron chi connectivity index (χ0n) is 20.4. The number of hydrogen-bond donors (Lipinski definition) is 3. The summed E-state index contributed by atoms with van der Waals surface area (Å²) in [5, 5.41) is 8.47. The molecular weight excluding hydrogens is 446 g/mol. The van der Waals surface area contributed by atoms with Crippen LogP contribution in [0.4, 0.5) is 21.9 Å². The Morgan fingerprint density at radius 1 is 0.714 bits per heavy atom. The Kier molecular flexibility index (Phi) is 8.95. The van der Waals surface area contributed by atoms with Gasteiger partial charge < -0.3 is 30.2 Å². The molecule has 0 fully saturated rings. The molecule has 0 aliphatic rings. The first-order valence-electron chi connectivity index (χ1n) is 11.6. The first-order chi connectivity index (χ1) is 16.9. The van der Waals surface area contributed by atoms with Gasteiger partial charge >= 0.3 is 6.03 Å². The van der Waals surface area contributed by atoms with E-state index in [1.165, 1.54) is 0 Å². The molecule has 3 aromatic rings. The van der Waals surface area contributed by atoms with Gasteiger partial charge in [-0.3, -0.25) is 4.79 Å². The van der Waals surface area contributed by atoms with Crippen LogP contribution in [0.25, 0.3) is 0 Å². The number of aryl methyl sites for hydroxylation is 1. The van der Waals surface area contributed by atoms with Crippen LogP contribution in [0.5, 0.6) is 17.2 Å². The van der Waals surface area contributed by atoms with Crippen LogP contribution in [0.3, 0.4) is 0 Å². The molecular formula is C27H31N3O5. The molecule has 0 bridgehead atoms. The lowest BCUT2D eigenvalue weighted by atomic mass is 10.1. The highest BCUT2D eigenvalue weighted by atomic mass is 16.5. The van der Waals surface area contributed by atoms with Crippen molar-refractivity contribution in [1.29, 1.82) is 0 Å². The van der Waals surface area contributed by atoms with E-state index in [9.17, 15) is 9.59 Å². The van der Waals surface area contributed by atoms with Crippen LogP contribution < -0.4 is 30.2 Å². The summed E-state index contributed by atoms with van der Waals surface area (Å²) in [7, 11) is 0. The summed E-state index contributed by atoms with van der Waals surface area (Å²) < 4.78 is 17.1. The fourth-order valence-electron chi connectivity index (χ4n) is 3.36. The van der Waals surface area contributed by atoms with Crippen molar-refractivity contribution >= 4 is 29.0 Å². The highest BCUT2D eigenvalue weighted by Gasteiger charge is 2.19. The Balaban J connectivity index is 1.80. The van der Waals surface area contributed by atoms with E-state index in [4.69, 9.17) is 14.2 Å². The van der Waals surface area contributed by atoms with Gasteiger partial charge in [-0.2, -0.15) is 0 Å². The Bertz CT molecular complexity index is 1140. The number of nitrogens with one attached hydrogen (secondary N) is 3. The number of ether oxygens (including phenoxy) is 3. The van der Waals surface area contributed by atoms with Crippen molar-refractivity contribution < 1.29 is 23.8 Å². The number of amides is 3. The van der Waals surface area contributed by atoms with E-state index in [1.807, 2.05) is 52.0 Å². The first-order valence-corrected chi connectivity index (χ1v) is 11.6. The molecule has 0 saturated heterocycles. The Morgan fingerprint density at radius 3 is 1.91 bits per heavy atom. The van der Waals surface area contributed by atoms with Crippen molar-refractivity contribution in [2.75, 3.05) is 35.8 Å². The molecule has 0 aromatic heterocycles. The molecule has 0 aliphatic heterocycles. The van der Waals surface area contributed by atoms with Gasteiger partial charge in [0.25, 0.3) is 5.91 Å². The van der Waals surface area contributed by atoms with E-state index in [-0.39, 0.29) is 11.9 Å². The number of anilines is 3. The molecule has 3 aromatic carbocycles. The molecule has 3 rings (SSSR count). The average Bonchev–Trinajstić information content (AvgIpc) is 2.84. The second kappa shape index (κ2) is 12.3. The lowest BCUT2D eigenvalue weighted by Crippen LogP contribution is -2.19. The van der Waals surface area contributed by atoms with Gasteiger partial charge in [0.2, 0.25) is 5.75 Å². The lowest BCUT2D eigenvalue weighted by molar-refractivity contribution is 0.102. The number of rotatable bonds is 10. The van der Waals surface area contributed by atoms with Crippen molar-refractivity contribution in [3.63, 3.8) is 0 Å². The van der Waals surface area contributed by atoms with Crippen LogP contribution >= 0.6 is 0 Å². The molecule has 0 radical (unpaired) electrons. The van der Waals surface area contributed by atoms with Crippen LogP contribution in [-0.4, -0.2) is 31.8 Å². The smallest absolute Gasteiger partial charge is 0.323 e. The first kappa shape index (κ1) is 25.4. The summed E-state index contributed by atoms with van der Waals surface area (Å²) in [6.07, 6.45) is 0. The molecule has 3 N–H and O–H groups in total. The standard InChI is InChI=1S/C27H31N3O5/c1-5-33-23-15-19(16-24(34-6-2)25(23)35-7-3)26(31)30-22-17-21(14-13-18(22)4)29-27(32)28-20-11-9-8-10-12-20/h8-17H,5-7H2,1-4H3,(H,30,31)(H2,28,29,32). The maximum absolute atomic E-state index is 13.2. The maximum atomic E-state index is 13.2. The Labute approximate surface area is 205 Å². The van der Waals surface area contributed by atoms with Crippen molar-refractivity contribution in [1.82, 2.24) is 0 Å². The third kappa shape index (κ3) is 6.89. The van der Waals surface area contributed by atoms with Gasteiger partial charge in [0.1, 0.15) is 0 Å². The predicted octanol–water partition coefficient (Wildman–Crippen LogP) is 6.09. The monoisotopic (exact) mass is 477 g/mol. The van der Waals surface area contributed by atoms with Gasteiger partial charge in [-0.1, -0.05) is 24.3 Å². The Hall–Kier alpha value is -4.20. The molecule has 35 heavy (non-hydrogen) atoms. The molecule has 8 nitrogen and oxygen atoms in total. The van der Waals surface area contributed by atoms with Crippen molar-refractivity contribution in [3.05, 3.63) is 71.8 Å². The number of hydrogen-bond acceptors (Lipinski definition) is 5. The number of urea groups is 1. The molecule has 3 amide bonds. The highest BCUT2D eigenvalue weighted by molar-refractivity contribution is 6.06. The third-order valence-corrected chi connectivity index (χ3v) is 4.95. The number of para-hydroxylation sites is 1. The van der Waals surface area contributed by atoms with Gasteiger partial charge in [-0.05, 0) is 69.7 Å². The topological polar surface area (TPSA) is 97.9 Å². The second-order valence-electron chi connectivity index (χ2n) is 7.53. The molecule has 184 valence electrons. The molecule has 0 heterocycles. The van der Waals surface area contributed by atoms with Crippen LogP contribution in [0.2, 0.25) is 0 Å². The third-order valence-electron chi connectivity index (χ3n) is 4.95. The zero-order valence-corrected chi connectivity index (χ0v) is 20.4. The second-order valence-corrected chi connectivity index (χ2v) is 7.53. The summed E-state index contributed by atoms with van der Waals surface area (Å²) >= 11 is 0. The van der Waals surface area contributed by atoms with Gasteiger partial charge in [0.05, 0.1) is 19.8 Å². The van der Waals surface area contributed by atoms with Crippen LogP contribution in [-0.2, 0) is 0 Å². The number of carbonyl (C=O) groups excluding carboxylic acids is 2. The number of carbonyl (C=O) groups is 2. The minimum absolute atomic E-state index is 0.344. The van der Waals surface area contributed by atoms with E-state index >= 15 is 0 Å². The molecule has 0 saturated carbocycles. The van der Waals surface area contributed by atoms with Gasteiger partial charge in [-0.25, -0.2) is 4.79 Å². The average molecular weight is 478 g/mol. The summed E-state index contributed by atoms with van der Waals surface area (Å²) in [5.74, 6) is 1.01. The lowest BCUT2D eigenvalue weighted by Gasteiger charge is -2.17. The quantitative estimate of drug-likeness (QED) is 0.328. The summed E-state index contributed by atoms with van der Waals surface area (Å²) in [6, 6.07) is 17.3. The minimum atomic E-state index is -0.383. The molecule has 0 spiro atoms. The van der Waals surface area contributed by atoms with Gasteiger partial charge in [-0.15, -0.1) is 0 Å². The maximum Gasteiger partial charge on any atom is 0.323 e. The number of benzene rings is 3. The summed E-state index contributed by atoms with van der Waals surface area (Å²) in [6.45, 7) is 8.72. The van der Waals surface area contributed by atoms with Crippen molar-refractivity contribution in [2.24, 2.45) is 0 Å². The summed E-state index contributed by atoms with van der Waals surface area (Å²) in [4.78, 5) is 25.5. The zero-order chi connectivity index (χ0) is 25.2. The fraction of sp³-hybridized carbons (Fsp3) is 0.259. The van der Waals surface area contributed by atoms with Crippen LogP contribution in [0.15, 0.2) is 60.7 Å². The SMILES string of the molecule is CCOc1cc(C(=O)Nc2cc(NC(=O)Nc3ccccc3)ccc2C)cc(OCC)c1OCC.